The standard InChI is InChI=1S/C15H17N5/c1-2-20-11-14(10-18-20)17-9-13-3-5-15(6-4-13)19-8-7-16-12-19/h3-8,10-12,17H,2,9H2,1H3. The third kappa shape index (κ3) is 2.71. The summed E-state index contributed by atoms with van der Waals surface area (Å²) < 4.78 is 3.90. The van der Waals surface area contributed by atoms with Crippen molar-refractivity contribution in [2.45, 2.75) is 20.0 Å². The second-order valence-electron chi connectivity index (χ2n) is 4.57. The predicted octanol–water partition coefficient (Wildman–Crippen LogP) is 2.70. The Kier molecular flexibility index (Phi) is 3.50. The van der Waals surface area contributed by atoms with Crippen LogP contribution < -0.4 is 5.32 Å². The summed E-state index contributed by atoms with van der Waals surface area (Å²) in [5.74, 6) is 0. The van der Waals surface area contributed by atoms with Crippen LogP contribution in [0.3, 0.4) is 0 Å². The Morgan fingerprint density at radius 2 is 2.05 bits per heavy atom. The Morgan fingerprint density at radius 1 is 1.20 bits per heavy atom. The molecule has 5 heteroatoms. The predicted molar refractivity (Wildman–Crippen MR) is 78.8 cm³/mol. The third-order valence-electron chi connectivity index (χ3n) is 3.19. The molecule has 0 saturated heterocycles. The van der Waals surface area contributed by atoms with Crippen LogP contribution in [0.1, 0.15) is 12.5 Å². The lowest BCUT2D eigenvalue weighted by atomic mass is 10.2. The Hall–Kier alpha value is -2.56. The van der Waals surface area contributed by atoms with Crippen molar-refractivity contribution < 1.29 is 0 Å². The van der Waals surface area contributed by atoms with Crippen LogP contribution in [0.2, 0.25) is 0 Å². The van der Waals surface area contributed by atoms with Crippen LogP contribution in [-0.4, -0.2) is 19.3 Å². The first-order valence-corrected chi connectivity index (χ1v) is 6.69. The topological polar surface area (TPSA) is 47.7 Å². The molecular formula is C15H17N5. The molecule has 0 fully saturated rings. The highest BCUT2D eigenvalue weighted by Gasteiger charge is 1.99. The van der Waals surface area contributed by atoms with Gasteiger partial charge in [-0.3, -0.25) is 4.68 Å². The largest absolute Gasteiger partial charge is 0.378 e. The summed E-state index contributed by atoms with van der Waals surface area (Å²) in [6, 6.07) is 8.42. The molecular weight excluding hydrogens is 250 g/mol. The molecule has 0 aliphatic heterocycles. The highest BCUT2D eigenvalue weighted by Crippen LogP contribution is 2.11. The van der Waals surface area contributed by atoms with Gasteiger partial charge in [0.25, 0.3) is 0 Å². The fourth-order valence-electron chi connectivity index (χ4n) is 2.03. The van der Waals surface area contributed by atoms with E-state index in [4.69, 9.17) is 0 Å². The minimum atomic E-state index is 0.791. The molecule has 0 aliphatic carbocycles. The van der Waals surface area contributed by atoms with Gasteiger partial charge in [0.2, 0.25) is 0 Å². The molecule has 102 valence electrons. The highest BCUT2D eigenvalue weighted by molar-refractivity contribution is 5.40. The first-order chi connectivity index (χ1) is 9.85. The average molecular weight is 267 g/mol. The summed E-state index contributed by atoms with van der Waals surface area (Å²) in [5, 5.41) is 7.61. The van der Waals surface area contributed by atoms with E-state index >= 15 is 0 Å². The SMILES string of the molecule is CCn1cc(NCc2ccc(-n3ccnc3)cc2)cn1. The Bertz CT molecular complexity index is 652. The van der Waals surface area contributed by atoms with E-state index in [1.165, 1.54) is 5.56 Å². The summed E-state index contributed by atoms with van der Waals surface area (Å²) >= 11 is 0. The molecule has 5 nitrogen and oxygen atoms in total. The van der Waals surface area contributed by atoms with E-state index in [-0.39, 0.29) is 0 Å². The molecule has 0 aliphatic rings. The van der Waals surface area contributed by atoms with E-state index in [2.05, 4.69) is 46.6 Å². The molecule has 0 bridgehead atoms. The summed E-state index contributed by atoms with van der Waals surface area (Å²) in [7, 11) is 0. The molecule has 2 heterocycles. The van der Waals surface area contributed by atoms with Crippen molar-refractivity contribution in [3.8, 4) is 5.69 Å². The molecule has 0 unspecified atom stereocenters. The minimum Gasteiger partial charge on any atom is -0.378 e. The zero-order valence-electron chi connectivity index (χ0n) is 11.4. The van der Waals surface area contributed by atoms with E-state index in [1.807, 2.05) is 27.8 Å². The maximum absolute atomic E-state index is 4.24. The quantitative estimate of drug-likeness (QED) is 0.773. The number of aromatic nitrogens is 4. The van der Waals surface area contributed by atoms with Gasteiger partial charge in [0.15, 0.2) is 0 Å². The fraction of sp³-hybridized carbons (Fsp3) is 0.200. The van der Waals surface area contributed by atoms with Gasteiger partial charge in [-0.25, -0.2) is 4.98 Å². The number of nitrogens with one attached hydrogen (secondary N) is 1. The third-order valence-corrected chi connectivity index (χ3v) is 3.19. The van der Waals surface area contributed by atoms with Crippen LogP contribution in [-0.2, 0) is 13.1 Å². The molecule has 0 atom stereocenters. The number of aryl methyl sites for hydroxylation is 1. The number of rotatable bonds is 5. The number of benzene rings is 1. The molecule has 1 N–H and O–H groups in total. The second kappa shape index (κ2) is 5.61. The molecule has 2 aromatic heterocycles. The molecule has 20 heavy (non-hydrogen) atoms. The number of hydrogen-bond donors (Lipinski definition) is 1. The Balaban J connectivity index is 1.63. The lowest BCUT2D eigenvalue weighted by Crippen LogP contribution is -1.99. The van der Waals surface area contributed by atoms with Crippen molar-refractivity contribution in [1.82, 2.24) is 19.3 Å². The molecule has 0 spiro atoms. The van der Waals surface area contributed by atoms with Gasteiger partial charge in [0, 0.05) is 37.4 Å². The molecule has 0 saturated carbocycles. The number of hydrogen-bond acceptors (Lipinski definition) is 3. The lowest BCUT2D eigenvalue weighted by Gasteiger charge is -2.06. The molecule has 1 aromatic carbocycles. The fourth-order valence-corrected chi connectivity index (χ4v) is 2.03. The summed E-state index contributed by atoms with van der Waals surface area (Å²) in [6.45, 7) is 3.76. The summed E-state index contributed by atoms with van der Waals surface area (Å²) in [4.78, 5) is 4.05. The van der Waals surface area contributed by atoms with Crippen LogP contribution >= 0.6 is 0 Å². The summed E-state index contributed by atoms with van der Waals surface area (Å²) in [6.07, 6.45) is 9.38. The van der Waals surface area contributed by atoms with Gasteiger partial charge in [-0.05, 0) is 24.6 Å². The minimum absolute atomic E-state index is 0.791. The Morgan fingerprint density at radius 3 is 2.70 bits per heavy atom. The van der Waals surface area contributed by atoms with Crippen LogP contribution in [0.15, 0.2) is 55.4 Å². The van der Waals surface area contributed by atoms with Crippen molar-refractivity contribution >= 4 is 5.69 Å². The summed E-state index contributed by atoms with van der Waals surface area (Å²) in [5.41, 5.74) is 3.40. The average Bonchev–Trinajstić information content (AvgIpc) is 3.17. The first-order valence-electron chi connectivity index (χ1n) is 6.69. The van der Waals surface area contributed by atoms with Crippen LogP contribution in [0, 0.1) is 0 Å². The van der Waals surface area contributed by atoms with E-state index in [1.54, 1.807) is 12.5 Å². The van der Waals surface area contributed by atoms with Crippen molar-refractivity contribution in [2.24, 2.45) is 0 Å². The zero-order chi connectivity index (χ0) is 13.8. The zero-order valence-corrected chi connectivity index (χ0v) is 11.4. The molecule has 3 aromatic rings. The molecule has 0 amide bonds. The second-order valence-corrected chi connectivity index (χ2v) is 4.57. The monoisotopic (exact) mass is 267 g/mol. The number of imidazole rings is 1. The van der Waals surface area contributed by atoms with Crippen molar-refractivity contribution in [1.29, 1.82) is 0 Å². The van der Waals surface area contributed by atoms with Crippen LogP contribution in [0.4, 0.5) is 5.69 Å². The van der Waals surface area contributed by atoms with E-state index in [0.29, 0.717) is 0 Å². The molecule has 3 rings (SSSR count). The molecule has 0 radical (unpaired) electrons. The maximum atomic E-state index is 4.24. The van der Waals surface area contributed by atoms with Gasteiger partial charge < -0.3 is 9.88 Å². The van der Waals surface area contributed by atoms with Gasteiger partial charge in [-0.2, -0.15) is 5.10 Å². The van der Waals surface area contributed by atoms with Crippen molar-refractivity contribution in [3.63, 3.8) is 0 Å². The number of nitrogens with zero attached hydrogens (tertiary/aromatic N) is 4. The van der Waals surface area contributed by atoms with Gasteiger partial charge in [-0.15, -0.1) is 0 Å². The van der Waals surface area contributed by atoms with Gasteiger partial charge in [-0.1, -0.05) is 12.1 Å². The van der Waals surface area contributed by atoms with Gasteiger partial charge in [0.05, 0.1) is 18.2 Å². The first kappa shape index (κ1) is 12.5. The number of anilines is 1. The van der Waals surface area contributed by atoms with Crippen molar-refractivity contribution in [3.05, 3.63) is 60.9 Å². The van der Waals surface area contributed by atoms with Crippen LogP contribution in [0.25, 0.3) is 5.69 Å². The van der Waals surface area contributed by atoms with E-state index in [9.17, 15) is 0 Å². The Labute approximate surface area is 117 Å². The maximum Gasteiger partial charge on any atom is 0.0991 e. The van der Waals surface area contributed by atoms with Gasteiger partial charge in [0.1, 0.15) is 0 Å². The van der Waals surface area contributed by atoms with Crippen LogP contribution in [0.5, 0.6) is 0 Å². The van der Waals surface area contributed by atoms with Crippen molar-refractivity contribution in [2.75, 3.05) is 5.32 Å². The van der Waals surface area contributed by atoms with E-state index in [0.717, 1.165) is 24.5 Å². The van der Waals surface area contributed by atoms with E-state index < -0.39 is 0 Å². The highest BCUT2D eigenvalue weighted by atomic mass is 15.3. The normalized spacial score (nSPS) is 10.7. The smallest absolute Gasteiger partial charge is 0.0991 e. The van der Waals surface area contributed by atoms with Gasteiger partial charge >= 0.3 is 0 Å². The lowest BCUT2D eigenvalue weighted by molar-refractivity contribution is 0.660.